The van der Waals surface area contributed by atoms with Crippen LogP contribution in [0.5, 0.6) is 0 Å². The van der Waals surface area contributed by atoms with Gasteiger partial charge in [-0.3, -0.25) is 4.79 Å². The molecule has 1 fully saturated rings. The summed E-state index contributed by atoms with van der Waals surface area (Å²) < 4.78 is 37.9. The minimum atomic E-state index is -3.89. The lowest BCUT2D eigenvalue weighted by molar-refractivity contribution is -0.116. The van der Waals surface area contributed by atoms with Gasteiger partial charge in [0.15, 0.2) is 0 Å². The fraction of sp³-hybridized carbons (Fsp3) is 0.240. The van der Waals surface area contributed by atoms with E-state index in [2.05, 4.69) is 10.2 Å². The Morgan fingerprint density at radius 3 is 2.41 bits per heavy atom. The first-order chi connectivity index (χ1) is 16.5. The molecule has 1 N–H and O–H groups in total. The molecule has 8 nitrogen and oxygen atoms in total. The molecule has 2 heterocycles. The van der Waals surface area contributed by atoms with E-state index in [1.165, 1.54) is 12.3 Å². The second-order valence-corrected chi connectivity index (χ2v) is 9.62. The average molecular weight is 482 g/mol. The Morgan fingerprint density at radius 1 is 1.00 bits per heavy atom. The molecule has 0 radical (unpaired) electrons. The van der Waals surface area contributed by atoms with Crippen LogP contribution >= 0.6 is 0 Å². The van der Waals surface area contributed by atoms with Crippen LogP contribution in [0, 0.1) is 0 Å². The molecule has 34 heavy (non-hydrogen) atoms. The highest BCUT2D eigenvalue weighted by molar-refractivity contribution is 7.92. The van der Waals surface area contributed by atoms with Crippen molar-refractivity contribution in [3.63, 3.8) is 0 Å². The summed E-state index contributed by atoms with van der Waals surface area (Å²) in [7, 11) is -3.89. The highest BCUT2D eigenvalue weighted by Gasteiger charge is 2.24. The van der Waals surface area contributed by atoms with Gasteiger partial charge in [-0.05, 0) is 48.0 Å². The fourth-order valence-corrected chi connectivity index (χ4v) is 4.67. The van der Waals surface area contributed by atoms with Crippen molar-refractivity contribution in [2.45, 2.75) is 6.54 Å². The molecule has 0 spiro atoms. The number of benzene rings is 2. The standard InChI is InChI=1S/C25H27N3O5S/c29-25(26-22-8-10-23(11-9-22)27-13-16-32-17-14-27)20-28(19-24-7-4-15-33-24)34(30,31)18-12-21-5-2-1-3-6-21/h1-12,15,18H,13-14,16-17,19-20H2,(H,26,29)/b18-12+. The Bertz CT molecular complexity index is 1190. The third-order valence-electron chi connectivity index (χ3n) is 5.35. The molecule has 3 aromatic rings. The second kappa shape index (κ2) is 11.1. The molecule has 2 aromatic carbocycles. The van der Waals surface area contributed by atoms with Crippen LogP contribution in [-0.2, 0) is 26.1 Å². The van der Waals surface area contributed by atoms with Crippen molar-refractivity contribution in [3.05, 3.63) is 89.7 Å². The second-order valence-electron chi connectivity index (χ2n) is 7.80. The zero-order valence-electron chi connectivity index (χ0n) is 18.7. The first-order valence-corrected chi connectivity index (χ1v) is 12.5. The summed E-state index contributed by atoms with van der Waals surface area (Å²) in [5, 5.41) is 3.89. The quantitative estimate of drug-likeness (QED) is 0.503. The summed E-state index contributed by atoms with van der Waals surface area (Å²) in [6, 6.07) is 19.9. The zero-order chi connectivity index (χ0) is 23.8. The van der Waals surface area contributed by atoms with Crippen LogP contribution in [0.4, 0.5) is 11.4 Å². The number of nitrogens with zero attached hydrogens (tertiary/aromatic N) is 2. The Kier molecular flexibility index (Phi) is 7.79. The van der Waals surface area contributed by atoms with Crippen LogP contribution in [-0.4, -0.2) is 51.5 Å². The smallest absolute Gasteiger partial charge is 0.239 e. The summed E-state index contributed by atoms with van der Waals surface area (Å²) in [6.45, 7) is 2.61. The van der Waals surface area contributed by atoms with Gasteiger partial charge in [0.1, 0.15) is 5.76 Å². The van der Waals surface area contributed by atoms with Gasteiger partial charge in [0, 0.05) is 29.9 Å². The molecular formula is C25H27N3O5S. The summed E-state index contributed by atoms with van der Waals surface area (Å²) in [5.74, 6) is 0.00159. The molecule has 178 valence electrons. The molecule has 1 aliphatic rings. The molecule has 1 aliphatic heterocycles. The van der Waals surface area contributed by atoms with Gasteiger partial charge >= 0.3 is 0 Å². The maximum atomic E-state index is 13.0. The monoisotopic (exact) mass is 481 g/mol. The van der Waals surface area contributed by atoms with E-state index in [0.717, 1.165) is 34.1 Å². The topological polar surface area (TPSA) is 92.1 Å². The summed E-state index contributed by atoms with van der Waals surface area (Å²) in [5.41, 5.74) is 2.39. The van der Waals surface area contributed by atoms with Crippen LogP contribution in [0.15, 0.2) is 82.8 Å². The number of sulfonamides is 1. The summed E-state index contributed by atoms with van der Waals surface area (Å²) >= 11 is 0. The van der Waals surface area contributed by atoms with Crippen LogP contribution in [0.1, 0.15) is 11.3 Å². The van der Waals surface area contributed by atoms with E-state index in [4.69, 9.17) is 9.15 Å². The van der Waals surface area contributed by atoms with E-state index >= 15 is 0 Å². The summed E-state index contributed by atoms with van der Waals surface area (Å²) in [4.78, 5) is 15.0. The molecule has 1 amide bonds. The maximum absolute atomic E-state index is 13.0. The van der Waals surface area contributed by atoms with Crippen LogP contribution in [0.2, 0.25) is 0 Å². The van der Waals surface area contributed by atoms with Crippen molar-refractivity contribution in [2.24, 2.45) is 0 Å². The molecule has 0 saturated carbocycles. The number of morpholine rings is 1. The summed E-state index contributed by atoms with van der Waals surface area (Å²) in [6.07, 6.45) is 2.97. The van der Waals surface area contributed by atoms with Crippen molar-refractivity contribution in [1.29, 1.82) is 0 Å². The number of nitrogens with one attached hydrogen (secondary N) is 1. The van der Waals surface area contributed by atoms with Gasteiger partial charge in [0.25, 0.3) is 0 Å². The van der Waals surface area contributed by atoms with Gasteiger partial charge in [-0.2, -0.15) is 4.31 Å². The molecule has 0 unspecified atom stereocenters. The number of furan rings is 1. The lowest BCUT2D eigenvalue weighted by Gasteiger charge is -2.28. The van der Waals surface area contributed by atoms with Crippen LogP contribution in [0.25, 0.3) is 6.08 Å². The van der Waals surface area contributed by atoms with Crippen LogP contribution < -0.4 is 10.2 Å². The van der Waals surface area contributed by atoms with E-state index < -0.39 is 15.9 Å². The Balaban J connectivity index is 1.44. The van der Waals surface area contributed by atoms with Gasteiger partial charge in [-0.25, -0.2) is 8.42 Å². The van der Waals surface area contributed by atoms with Gasteiger partial charge in [0.2, 0.25) is 15.9 Å². The number of amides is 1. The molecule has 1 aromatic heterocycles. The third kappa shape index (κ3) is 6.57. The van der Waals surface area contributed by atoms with Gasteiger partial charge in [-0.15, -0.1) is 0 Å². The average Bonchev–Trinajstić information content (AvgIpc) is 3.37. The lowest BCUT2D eigenvalue weighted by atomic mass is 10.2. The van der Waals surface area contributed by atoms with E-state index in [0.29, 0.717) is 24.7 Å². The van der Waals surface area contributed by atoms with Crippen LogP contribution in [0.3, 0.4) is 0 Å². The SMILES string of the molecule is O=C(CN(Cc1ccco1)S(=O)(=O)/C=C/c1ccccc1)Nc1ccc(N2CCOCC2)cc1. The first-order valence-electron chi connectivity index (χ1n) is 11.0. The van der Waals surface area contributed by atoms with E-state index in [1.807, 2.05) is 42.5 Å². The van der Waals surface area contributed by atoms with Crippen molar-refractivity contribution in [2.75, 3.05) is 43.1 Å². The highest BCUT2D eigenvalue weighted by atomic mass is 32.2. The van der Waals surface area contributed by atoms with E-state index in [9.17, 15) is 13.2 Å². The van der Waals surface area contributed by atoms with Crippen molar-refractivity contribution in [1.82, 2.24) is 4.31 Å². The van der Waals surface area contributed by atoms with E-state index in [-0.39, 0.29) is 13.1 Å². The number of rotatable bonds is 9. The number of anilines is 2. The predicted molar refractivity (Wildman–Crippen MR) is 132 cm³/mol. The molecule has 0 aliphatic carbocycles. The molecule has 0 bridgehead atoms. The Hall–Kier alpha value is -3.40. The number of carbonyl (C=O) groups is 1. The Labute approximate surface area is 199 Å². The normalized spacial score (nSPS) is 14.6. The number of hydrogen-bond acceptors (Lipinski definition) is 6. The van der Waals surface area contributed by atoms with Gasteiger partial charge in [0.05, 0.1) is 32.6 Å². The van der Waals surface area contributed by atoms with Gasteiger partial charge < -0.3 is 19.4 Å². The van der Waals surface area contributed by atoms with Crippen molar-refractivity contribution in [3.8, 4) is 0 Å². The molecular weight excluding hydrogens is 454 g/mol. The third-order valence-corrected chi connectivity index (χ3v) is 6.81. The highest BCUT2D eigenvalue weighted by Crippen LogP contribution is 2.19. The predicted octanol–water partition coefficient (Wildman–Crippen LogP) is 3.56. The molecule has 0 atom stereocenters. The fourth-order valence-electron chi connectivity index (χ4n) is 3.56. The number of carbonyl (C=O) groups excluding carboxylic acids is 1. The maximum Gasteiger partial charge on any atom is 0.239 e. The van der Waals surface area contributed by atoms with Crippen molar-refractivity contribution < 1.29 is 22.4 Å². The zero-order valence-corrected chi connectivity index (χ0v) is 19.5. The Morgan fingerprint density at radius 2 is 1.74 bits per heavy atom. The first kappa shape index (κ1) is 23.7. The van der Waals surface area contributed by atoms with Crippen molar-refractivity contribution >= 4 is 33.4 Å². The largest absolute Gasteiger partial charge is 0.468 e. The molecule has 9 heteroatoms. The minimum Gasteiger partial charge on any atom is -0.468 e. The lowest BCUT2D eigenvalue weighted by Crippen LogP contribution is -2.36. The van der Waals surface area contributed by atoms with E-state index in [1.54, 1.807) is 24.3 Å². The molecule has 1 saturated heterocycles. The number of hydrogen-bond donors (Lipinski definition) is 1. The number of ether oxygens (including phenoxy) is 1. The minimum absolute atomic E-state index is 0.0577. The van der Waals surface area contributed by atoms with Gasteiger partial charge in [-0.1, -0.05) is 30.3 Å². The molecule has 4 rings (SSSR count).